The maximum absolute atomic E-state index is 12.1. The fourth-order valence-corrected chi connectivity index (χ4v) is 1.80. The number of halogens is 1. The highest BCUT2D eigenvalue weighted by atomic mass is 79.9. The molecule has 0 bridgehead atoms. The molecule has 0 radical (unpaired) electrons. The molecule has 0 fully saturated rings. The highest BCUT2D eigenvalue weighted by molar-refractivity contribution is 9.10. The summed E-state index contributed by atoms with van der Waals surface area (Å²) in [5.74, 6) is 0.0445. The van der Waals surface area contributed by atoms with Gasteiger partial charge in [0, 0.05) is 23.1 Å². The van der Waals surface area contributed by atoms with Crippen molar-refractivity contribution in [3.8, 4) is 0 Å². The Morgan fingerprint density at radius 1 is 1.56 bits per heavy atom. The van der Waals surface area contributed by atoms with E-state index in [1.807, 2.05) is 32.0 Å². The summed E-state index contributed by atoms with van der Waals surface area (Å²) in [7, 11) is 0. The number of benzene rings is 1. The SMILES string of the molecule is C=CCN(CC)C(=O)c1ccc(C)c(Br)c1. The quantitative estimate of drug-likeness (QED) is 0.775. The second-order valence-electron chi connectivity index (χ2n) is 3.60. The fourth-order valence-electron chi connectivity index (χ4n) is 1.42. The zero-order valence-electron chi connectivity index (χ0n) is 9.66. The molecule has 0 aliphatic heterocycles. The van der Waals surface area contributed by atoms with Crippen molar-refractivity contribution in [3.63, 3.8) is 0 Å². The number of aryl methyl sites for hydroxylation is 1. The lowest BCUT2D eigenvalue weighted by atomic mass is 10.1. The van der Waals surface area contributed by atoms with Crippen LogP contribution in [0.5, 0.6) is 0 Å². The number of nitrogens with zero attached hydrogens (tertiary/aromatic N) is 1. The maximum atomic E-state index is 12.1. The van der Waals surface area contributed by atoms with Crippen molar-refractivity contribution in [1.82, 2.24) is 4.90 Å². The largest absolute Gasteiger partial charge is 0.335 e. The molecule has 16 heavy (non-hydrogen) atoms. The Morgan fingerprint density at radius 2 is 2.25 bits per heavy atom. The van der Waals surface area contributed by atoms with Crippen LogP contribution in [0.1, 0.15) is 22.8 Å². The molecule has 0 aliphatic rings. The summed E-state index contributed by atoms with van der Waals surface area (Å²) in [5.41, 5.74) is 1.84. The summed E-state index contributed by atoms with van der Waals surface area (Å²) in [6.07, 6.45) is 1.74. The molecule has 0 atom stereocenters. The lowest BCUT2D eigenvalue weighted by Crippen LogP contribution is -2.30. The third kappa shape index (κ3) is 2.95. The Bertz CT molecular complexity index is 401. The van der Waals surface area contributed by atoms with Crippen molar-refractivity contribution in [2.75, 3.05) is 13.1 Å². The Labute approximate surface area is 105 Å². The Kier molecular flexibility index (Phi) is 4.74. The summed E-state index contributed by atoms with van der Waals surface area (Å²) in [4.78, 5) is 13.8. The van der Waals surface area contributed by atoms with Gasteiger partial charge in [0.2, 0.25) is 0 Å². The minimum Gasteiger partial charge on any atom is -0.335 e. The van der Waals surface area contributed by atoms with Gasteiger partial charge in [-0.1, -0.05) is 28.1 Å². The van der Waals surface area contributed by atoms with Crippen molar-refractivity contribution in [2.45, 2.75) is 13.8 Å². The predicted molar refractivity (Wildman–Crippen MR) is 70.7 cm³/mol. The molecule has 2 nitrogen and oxygen atoms in total. The van der Waals surface area contributed by atoms with E-state index in [0.717, 1.165) is 10.0 Å². The van der Waals surface area contributed by atoms with Gasteiger partial charge in [0.05, 0.1) is 0 Å². The van der Waals surface area contributed by atoms with Gasteiger partial charge in [0.1, 0.15) is 0 Å². The molecule has 0 unspecified atom stereocenters. The van der Waals surface area contributed by atoms with Gasteiger partial charge in [-0.15, -0.1) is 6.58 Å². The second kappa shape index (κ2) is 5.85. The Balaban J connectivity index is 2.94. The lowest BCUT2D eigenvalue weighted by Gasteiger charge is -2.19. The van der Waals surface area contributed by atoms with E-state index in [-0.39, 0.29) is 5.91 Å². The summed E-state index contributed by atoms with van der Waals surface area (Å²) < 4.78 is 0.966. The molecule has 86 valence electrons. The summed E-state index contributed by atoms with van der Waals surface area (Å²) in [5, 5.41) is 0. The first-order chi connectivity index (χ1) is 7.60. The van der Waals surface area contributed by atoms with Crippen molar-refractivity contribution in [1.29, 1.82) is 0 Å². The van der Waals surface area contributed by atoms with Crippen LogP contribution in [0.2, 0.25) is 0 Å². The van der Waals surface area contributed by atoms with Gasteiger partial charge in [0.25, 0.3) is 5.91 Å². The van der Waals surface area contributed by atoms with Crippen LogP contribution in [0.25, 0.3) is 0 Å². The van der Waals surface area contributed by atoms with E-state index in [1.54, 1.807) is 11.0 Å². The summed E-state index contributed by atoms with van der Waals surface area (Å²) in [6, 6.07) is 5.66. The van der Waals surface area contributed by atoms with Gasteiger partial charge in [-0.3, -0.25) is 4.79 Å². The van der Waals surface area contributed by atoms with E-state index >= 15 is 0 Å². The fraction of sp³-hybridized carbons (Fsp3) is 0.308. The molecule has 3 heteroatoms. The minimum atomic E-state index is 0.0445. The highest BCUT2D eigenvalue weighted by Crippen LogP contribution is 2.18. The molecular formula is C13H16BrNO. The standard InChI is InChI=1S/C13H16BrNO/c1-4-8-15(5-2)13(16)11-7-6-10(3)12(14)9-11/h4,6-7,9H,1,5,8H2,2-3H3. The molecule has 0 saturated heterocycles. The number of likely N-dealkylation sites (N-methyl/N-ethyl adjacent to an activating group) is 1. The van der Waals surface area contributed by atoms with Crippen LogP contribution in [0.15, 0.2) is 35.3 Å². The van der Waals surface area contributed by atoms with Gasteiger partial charge in [-0.2, -0.15) is 0 Å². The Morgan fingerprint density at radius 3 is 2.75 bits per heavy atom. The van der Waals surface area contributed by atoms with Crippen molar-refractivity contribution >= 4 is 21.8 Å². The van der Waals surface area contributed by atoms with Gasteiger partial charge in [-0.05, 0) is 31.5 Å². The zero-order valence-corrected chi connectivity index (χ0v) is 11.3. The number of hydrogen-bond donors (Lipinski definition) is 0. The number of hydrogen-bond acceptors (Lipinski definition) is 1. The average molecular weight is 282 g/mol. The molecule has 0 heterocycles. The van der Waals surface area contributed by atoms with E-state index < -0.39 is 0 Å². The van der Waals surface area contributed by atoms with E-state index in [9.17, 15) is 4.79 Å². The molecule has 1 amide bonds. The van der Waals surface area contributed by atoms with Crippen LogP contribution in [-0.4, -0.2) is 23.9 Å². The molecule has 0 aliphatic carbocycles. The molecule has 0 spiro atoms. The monoisotopic (exact) mass is 281 g/mol. The first-order valence-electron chi connectivity index (χ1n) is 5.26. The first kappa shape index (κ1) is 13.0. The smallest absolute Gasteiger partial charge is 0.254 e. The third-order valence-electron chi connectivity index (χ3n) is 2.44. The lowest BCUT2D eigenvalue weighted by molar-refractivity contribution is 0.0782. The molecule has 1 aromatic carbocycles. The van der Waals surface area contributed by atoms with E-state index in [1.165, 1.54) is 0 Å². The highest BCUT2D eigenvalue weighted by Gasteiger charge is 2.13. The number of amides is 1. The second-order valence-corrected chi connectivity index (χ2v) is 4.45. The molecule has 0 N–H and O–H groups in total. The predicted octanol–water partition coefficient (Wildman–Crippen LogP) is 3.41. The topological polar surface area (TPSA) is 20.3 Å². The zero-order chi connectivity index (χ0) is 12.1. The van der Waals surface area contributed by atoms with Crippen LogP contribution in [0, 0.1) is 6.92 Å². The van der Waals surface area contributed by atoms with Crippen LogP contribution >= 0.6 is 15.9 Å². The van der Waals surface area contributed by atoms with Gasteiger partial charge < -0.3 is 4.90 Å². The van der Waals surface area contributed by atoms with Crippen LogP contribution < -0.4 is 0 Å². The van der Waals surface area contributed by atoms with Gasteiger partial charge >= 0.3 is 0 Å². The van der Waals surface area contributed by atoms with Gasteiger partial charge in [-0.25, -0.2) is 0 Å². The molecule has 0 saturated carbocycles. The Hall–Kier alpha value is -1.09. The summed E-state index contributed by atoms with van der Waals surface area (Å²) in [6.45, 7) is 8.89. The number of carbonyl (C=O) groups excluding carboxylic acids is 1. The maximum Gasteiger partial charge on any atom is 0.254 e. The van der Waals surface area contributed by atoms with E-state index in [2.05, 4.69) is 22.5 Å². The number of carbonyl (C=O) groups is 1. The van der Waals surface area contributed by atoms with E-state index in [4.69, 9.17) is 0 Å². The van der Waals surface area contributed by atoms with Crippen LogP contribution in [0.3, 0.4) is 0 Å². The molecular weight excluding hydrogens is 266 g/mol. The third-order valence-corrected chi connectivity index (χ3v) is 3.29. The van der Waals surface area contributed by atoms with Crippen LogP contribution in [0.4, 0.5) is 0 Å². The minimum absolute atomic E-state index is 0.0445. The van der Waals surface area contributed by atoms with Crippen molar-refractivity contribution in [2.24, 2.45) is 0 Å². The average Bonchev–Trinajstić information content (AvgIpc) is 2.28. The van der Waals surface area contributed by atoms with Crippen molar-refractivity contribution < 1.29 is 4.79 Å². The summed E-state index contributed by atoms with van der Waals surface area (Å²) >= 11 is 3.43. The van der Waals surface area contributed by atoms with Gasteiger partial charge in [0.15, 0.2) is 0 Å². The molecule has 1 rings (SSSR count). The van der Waals surface area contributed by atoms with Crippen molar-refractivity contribution in [3.05, 3.63) is 46.5 Å². The normalized spacial score (nSPS) is 9.94. The molecule has 0 aromatic heterocycles. The van der Waals surface area contributed by atoms with Crippen LogP contribution in [-0.2, 0) is 0 Å². The first-order valence-corrected chi connectivity index (χ1v) is 6.05. The molecule has 1 aromatic rings. The number of rotatable bonds is 4. The van der Waals surface area contributed by atoms with E-state index in [0.29, 0.717) is 18.7 Å².